The van der Waals surface area contributed by atoms with E-state index in [0.29, 0.717) is 35.8 Å². The van der Waals surface area contributed by atoms with Crippen LogP contribution in [0.15, 0.2) is 42.6 Å². The molecule has 1 fully saturated rings. The number of aliphatic hydroxyl groups is 1. The van der Waals surface area contributed by atoms with Gasteiger partial charge >= 0.3 is 6.03 Å². The van der Waals surface area contributed by atoms with Crippen LogP contribution in [0.2, 0.25) is 0 Å². The average molecular weight is 505 g/mol. The van der Waals surface area contributed by atoms with E-state index in [1.54, 1.807) is 29.1 Å². The molecule has 0 radical (unpaired) electrons. The van der Waals surface area contributed by atoms with Crippen molar-refractivity contribution in [3.05, 3.63) is 53.7 Å². The van der Waals surface area contributed by atoms with Crippen LogP contribution < -0.4 is 10.1 Å². The Morgan fingerprint density at radius 1 is 1.30 bits per heavy atom. The van der Waals surface area contributed by atoms with Crippen molar-refractivity contribution in [2.45, 2.75) is 51.7 Å². The van der Waals surface area contributed by atoms with Gasteiger partial charge in [0.15, 0.2) is 0 Å². The second-order valence-corrected chi connectivity index (χ2v) is 10.1. The van der Waals surface area contributed by atoms with Gasteiger partial charge in [0.1, 0.15) is 11.7 Å². The summed E-state index contributed by atoms with van der Waals surface area (Å²) in [4.78, 5) is 34.1. The van der Waals surface area contributed by atoms with E-state index in [2.05, 4.69) is 22.1 Å². The number of nitrogens with one attached hydrogen (secondary N) is 1. The van der Waals surface area contributed by atoms with Gasteiger partial charge in [0, 0.05) is 42.9 Å². The minimum absolute atomic E-state index is 0.123. The van der Waals surface area contributed by atoms with Gasteiger partial charge in [0.25, 0.3) is 5.91 Å². The number of anilines is 1. The lowest BCUT2D eigenvalue weighted by molar-refractivity contribution is 0.0356. The van der Waals surface area contributed by atoms with Gasteiger partial charge in [-0.3, -0.25) is 4.79 Å². The molecule has 1 aliphatic carbocycles. The summed E-state index contributed by atoms with van der Waals surface area (Å²) in [6.07, 6.45) is 5.86. The van der Waals surface area contributed by atoms with Gasteiger partial charge in [0.2, 0.25) is 5.88 Å². The first-order valence-corrected chi connectivity index (χ1v) is 13.0. The van der Waals surface area contributed by atoms with Crippen LogP contribution in [0.3, 0.4) is 0 Å². The summed E-state index contributed by atoms with van der Waals surface area (Å²) in [5, 5.41) is 12.7. The fraction of sp³-hybridized carbons (Fsp3) is 0.483. The number of aromatic nitrogens is 1. The highest BCUT2D eigenvalue weighted by Crippen LogP contribution is 2.28. The zero-order chi connectivity index (χ0) is 26.4. The second kappa shape index (κ2) is 12.1. The summed E-state index contributed by atoms with van der Waals surface area (Å²) < 4.78 is 6.29. The predicted octanol–water partition coefficient (Wildman–Crippen LogP) is 4.01. The molecule has 3 atom stereocenters. The average Bonchev–Trinajstić information content (AvgIpc) is 3.43. The molecule has 0 spiro atoms. The smallest absolute Gasteiger partial charge is 0.321 e. The summed E-state index contributed by atoms with van der Waals surface area (Å²) in [5.74, 6) is 6.76. The molecule has 2 aromatic rings. The molecule has 3 amide bonds. The summed E-state index contributed by atoms with van der Waals surface area (Å²) in [7, 11) is 1.71. The molecule has 0 saturated heterocycles. The van der Waals surface area contributed by atoms with Gasteiger partial charge in [0.05, 0.1) is 19.2 Å². The van der Waals surface area contributed by atoms with Crippen LogP contribution in [-0.4, -0.2) is 70.7 Å². The normalized spacial score (nSPS) is 20.5. The maximum atomic E-state index is 13.6. The minimum atomic E-state index is -0.422. The third-order valence-electron chi connectivity index (χ3n) is 7.12. The molecule has 0 unspecified atom stereocenters. The third-order valence-corrected chi connectivity index (χ3v) is 7.12. The maximum absolute atomic E-state index is 13.6. The Kier molecular flexibility index (Phi) is 8.67. The number of hydrogen-bond donors (Lipinski definition) is 2. The van der Waals surface area contributed by atoms with E-state index >= 15 is 0 Å². The van der Waals surface area contributed by atoms with Gasteiger partial charge in [-0.2, -0.15) is 0 Å². The van der Waals surface area contributed by atoms with Crippen molar-refractivity contribution in [3.8, 4) is 17.7 Å². The van der Waals surface area contributed by atoms with Gasteiger partial charge in [-0.05, 0) is 38.0 Å². The number of amides is 3. The van der Waals surface area contributed by atoms with Crippen molar-refractivity contribution >= 4 is 17.6 Å². The number of hydrogen-bond acceptors (Lipinski definition) is 5. The number of pyridine rings is 1. The van der Waals surface area contributed by atoms with Crippen LogP contribution in [0.25, 0.3) is 0 Å². The maximum Gasteiger partial charge on any atom is 0.321 e. The van der Waals surface area contributed by atoms with E-state index < -0.39 is 6.10 Å². The summed E-state index contributed by atoms with van der Waals surface area (Å²) in [5.41, 5.74) is 1.70. The molecule has 1 aliphatic heterocycles. The molecule has 8 nitrogen and oxygen atoms in total. The minimum Gasteiger partial charge on any atom is -0.472 e. The van der Waals surface area contributed by atoms with Crippen LogP contribution in [0, 0.1) is 23.7 Å². The van der Waals surface area contributed by atoms with Crippen molar-refractivity contribution in [2.24, 2.45) is 11.8 Å². The molecule has 196 valence electrons. The van der Waals surface area contributed by atoms with E-state index in [-0.39, 0.29) is 36.4 Å². The Labute approximate surface area is 219 Å². The third kappa shape index (κ3) is 6.60. The molecule has 8 heteroatoms. The quantitative estimate of drug-likeness (QED) is 0.600. The van der Waals surface area contributed by atoms with Crippen LogP contribution in [0.5, 0.6) is 5.88 Å². The number of urea groups is 1. The van der Waals surface area contributed by atoms with Crippen LogP contribution in [-0.2, 0) is 0 Å². The number of aliphatic hydroxyl groups excluding tert-OH is 1. The zero-order valence-corrected chi connectivity index (χ0v) is 21.8. The monoisotopic (exact) mass is 504 g/mol. The number of para-hydroxylation sites is 1. The number of likely N-dealkylation sites (N-methyl/N-ethyl adjacent to an activating group) is 1. The molecular weight excluding hydrogens is 468 g/mol. The van der Waals surface area contributed by atoms with Crippen molar-refractivity contribution in [1.82, 2.24) is 14.8 Å². The topological polar surface area (TPSA) is 95.0 Å². The molecular formula is C29H36N4O4. The SMILES string of the molecule is C[C@H]1CN([C@@H](C)CO)C(=O)c2cc(C#CC3CCCC3)cnc2O[C@@H]1CN(C)C(=O)Nc1ccccc1. The van der Waals surface area contributed by atoms with Crippen LogP contribution in [0.1, 0.15) is 55.5 Å². The lowest BCUT2D eigenvalue weighted by Crippen LogP contribution is -2.50. The molecule has 1 aromatic heterocycles. The first-order chi connectivity index (χ1) is 17.9. The van der Waals surface area contributed by atoms with Crippen molar-refractivity contribution in [2.75, 3.05) is 32.1 Å². The number of carbonyl (C=O) groups is 2. The van der Waals surface area contributed by atoms with Crippen LogP contribution in [0.4, 0.5) is 10.5 Å². The summed E-state index contributed by atoms with van der Waals surface area (Å²) in [6.45, 7) is 4.30. The standard InChI is InChI=1S/C29H36N4O4/c1-20-17-33(21(2)19-34)28(35)25-15-23(14-13-22-9-7-8-10-22)16-30-27(25)37-26(20)18-32(3)29(36)31-24-11-5-4-6-12-24/h4-6,11-12,15-16,20-22,26,34H,7-10,17-19H2,1-3H3,(H,31,36)/t20-,21-,26+/m0/s1. The first kappa shape index (κ1) is 26.5. The molecule has 2 N–H and O–H groups in total. The van der Waals surface area contributed by atoms with Crippen molar-refractivity contribution < 1.29 is 19.4 Å². The zero-order valence-electron chi connectivity index (χ0n) is 21.8. The lowest BCUT2D eigenvalue weighted by atomic mass is 10.00. The molecule has 0 bridgehead atoms. The number of ether oxygens (including phenoxy) is 1. The predicted molar refractivity (Wildman–Crippen MR) is 142 cm³/mol. The highest BCUT2D eigenvalue weighted by molar-refractivity contribution is 5.97. The number of benzene rings is 1. The number of nitrogens with zero attached hydrogens (tertiary/aromatic N) is 3. The molecule has 4 rings (SSSR count). The number of fused-ring (bicyclic) bond motifs is 1. The van der Waals surface area contributed by atoms with E-state index in [1.165, 1.54) is 12.8 Å². The Morgan fingerprint density at radius 2 is 2.03 bits per heavy atom. The summed E-state index contributed by atoms with van der Waals surface area (Å²) in [6, 6.07) is 10.4. The largest absolute Gasteiger partial charge is 0.472 e. The first-order valence-electron chi connectivity index (χ1n) is 13.0. The van der Waals surface area contributed by atoms with Crippen LogP contribution >= 0.6 is 0 Å². The number of carbonyl (C=O) groups excluding carboxylic acids is 2. The highest BCUT2D eigenvalue weighted by atomic mass is 16.5. The Morgan fingerprint density at radius 3 is 2.73 bits per heavy atom. The second-order valence-electron chi connectivity index (χ2n) is 10.1. The van der Waals surface area contributed by atoms with Gasteiger partial charge < -0.3 is 25.0 Å². The van der Waals surface area contributed by atoms with Gasteiger partial charge in [-0.15, -0.1) is 0 Å². The van der Waals surface area contributed by atoms with Gasteiger partial charge in [-0.1, -0.05) is 49.8 Å². The van der Waals surface area contributed by atoms with E-state index in [9.17, 15) is 14.7 Å². The van der Waals surface area contributed by atoms with E-state index in [4.69, 9.17) is 4.74 Å². The fourth-order valence-corrected chi connectivity index (χ4v) is 4.74. The highest BCUT2D eigenvalue weighted by Gasteiger charge is 2.34. The van der Waals surface area contributed by atoms with E-state index in [0.717, 1.165) is 12.8 Å². The van der Waals surface area contributed by atoms with Crippen molar-refractivity contribution in [1.29, 1.82) is 0 Å². The number of rotatable bonds is 5. The Balaban J connectivity index is 1.58. The molecule has 37 heavy (non-hydrogen) atoms. The lowest BCUT2D eigenvalue weighted by Gasteiger charge is -2.37. The molecule has 1 saturated carbocycles. The Bertz CT molecular complexity index is 1150. The summed E-state index contributed by atoms with van der Waals surface area (Å²) >= 11 is 0. The van der Waals surface area contributed by atoms with Crippen molar-refractivity contribution in [3.63, 3.8) is 0 Å². The molecule has 1 aromatic carbocycles. The molecule has 2 heterocycles. The Hall–Kier alpha value is -3.57. The fourth-order valence-electron chi connectivity index (χ4n) is 4.74. The van der Waals surface area contributed by atoms with Gasteiger partial charge in [-0.25, -0.2) is 9.78 Å². The van der Waals surface area contributed by atoms with E-state index in [1.807, 2.05) is 44.2 Å². The molecule has 2 aliphatic rings.